The van der Waals surface area contributed by atoms with Crippen LogP contribution in [-0.4, -0.2) is 67.1 Å². The van der Waals surface area contributed by atoms with Crippen LogP contribution in [0.3, 0.4) is 0 Å². The van der Waals surface area contributed by atoms with Gasteiger partial charge in [0.05, 0.1) is 19.0 Å². The number of ether oxygens (including phenoxy) is 1. The number of nitrogens with zero attached hydrogens (tertiary/aromatic N) is 3. The number of rotatable bonds is 6. The van der Waals surface area contributed by atoms with E-state index in [2.05, 4.69) is 4.98 Å². The van der Waals surface area contributed by atoms with E-state index in [1.165, 1.54) is 16.1 Å². The van der Waals surface area contributed by atoms with Crippen LogP contribution in [0.2, 0.25) is 0 Å². The minimum Gasteiger partial charge on any atom is -0.379 e. The Morgan fingerprint density at radius 2 is 2.14 bits per heavy atom. The Labute approximate surface area is 130 Å². The fourth-order valence-corrected chi connectivity index (χ4v) is 3.65. The van der Waals surface area contributed by atoms with Crippen LogP contribution >= 0.6 is 0 Å². The first-order chi connectivity index (χ1) is 10.5. The van der Waals surface area contributed by atoms with Gasteiger partial charge in [0.2, 0.25) is 15.9 Å². The molecule has 0 N–H and O–H groups in total. The number of amides is 1. The second kappa shape index (κ2) is 7.66. The van der Waals surface area contributed by atoms with Crippen molar-refractivity contribution in [2.75, 3.05) is 38.6 Å². The first kappa shape index (κ1) is 16.9. The highest BCUT2D eigenvalue weighted by atomic mass is 32.2. The zero-order valence-electron chi connectivity index (χ0n) is 12.6. The van der Waals surface area contributed by atoms with Gasteiger partial charge in [0.15, 0.2) is 0 Å². The van der Waals surface area contributed by atoms with Gasteiger partial charge in [-0.15, -0.1) is 0 Å². The van der Waals surface area contributed by atoms with Crippen LogP contribution in [-0.2, 0) is 26.1 Å². The van der Waals surface area contributed by atoms with E-state index in [0.29, 0.717) is 32.8 Å². The van der Waals surface area contributed by atoms with Crippen LogP contribution in [0.4, 0.5) is 0 Å². The average molecular weight is 327 g/mol. The van der Waals surface area contributed by atoms with E-state index in [1.54, 1.807) is 18.5 Å². The molecule has 7 nitrogen and oxygen atoms in total. The summed E-state index contributed by atoms with van der Waals surface area (Å²) in [4.78, 5) is 17.2. The van der Waals surface area contributed by atoms with Gasteiger partial charge >= 0.3 is 0 Å². The fourth-order valence-electron chi connectivity index (χ4n) is 2.24. The van der Waals surface area contributed by atoms with Gasteiger partial charge in [-0.3, -0.25) is 9.78 Å². The van der Waals surface area contributed by atoms with E-state index in [4.69, 9.17) is 4.74 Å². The van der Waals surface area contributed by atoms with Crippen LogP contribution in [0.1, 0.15) is 12.5 Å². The first-order valence-electron chi connectivity index (χ1n) is 7.19. The number of hydrogen-bond donors (Lipinski definition) is 0. The second-order valence-electron chi connectivity index (χ2n) is 5.13. The van der Waals surface area contributed by atoms with Crippen molar-refractivity contribution in [2.45, 2.75) is 13.5 Å². The highest BCUT2D eigenvalue weighted by molar-refractivity contribution is 7.89. The maximum Gasteiger partial charge on any atom is 0.219 e. The van der Waals surface area contributed by atoms with Crippen molar-refractivity contribution in [3.8, 4) is 0 Å². The zero-order chi connectivity index (χ0) is 16.0. The number of pyridine rings is 1. The molecule has 0 unspecified atom stereocenters. The molecule has 1 aliphatic rings. The topological polar surface area (TPSA) is 79.8 Å². The zero-order valence-corrected chi connectivity index (χ0v) is 13.5. The van der Waals surface area contributed by atoms with Crippen molar-refractivity contribution in [2.24, 2.45) is 0 Å². The molecule has 2 rings (SSSR count). The van der Waals surface area contributed by atoms with Crippen molar-refractivity contribution in [3.63, 3.8) is 0 Å². The molecule has 0 bridgehead atoms. The van der Waals surface area contributed by atoms with E-state index >= 15 is 0 Å². The Hall–Kier alpha value is -1.51. The molecule has 2 heterocycles. The number of sulfonamides is 1. The largest absolute Gasteiger partial charge is 0.379 e. The van der Waals surface area contributed by atoms with E-state index in [0.717, 1.165) is 5.56 Å². The summed E-state index contributed by atoms with van der Waals surface area (Å²) in [6.07, 6.45) is 3.33. The molecule has 1 amide bonds. The maximum atomic E-state index is 12.3. The Balaban J connectivity index is 1.95. The van der Waals surface area contributed by atoms with E-state index in [-0.39, 0.29) is 18.2 Å². The molecule has 1 aromatic heterocycles. The van der Waals surface area contributed by atoms with Crippen molar-refractivity contribution in [1.82, 2.24) is 14.2 Å². The molecule has 0 radical (unpaired) electrons. The standard InChI is InChI=1S/C14H21N3O4S/c1-13(18)16(12-14-3-2-4-15-11-14)7-10-22(19,20)17-5-8-21-9-6-17/h2-4,11H,5-10,12H2,1H3. The van der Waals surface area contributed by atoms with Crippen molar-refractivity contribution in [1.29, 1.82) is 0 Å². The summed E-state index contributed by atoms with van der Waals surface area (Å²) in [5.74, 6) is -0.228. The van der Waals surface area contributed by atoms with Crippen molar-refractivity contribution < 1.29 is 17.9 Å². The quantitative estimate of drug-likeness (QED) is 0.740. The van der Waals surface area contributed by atoms with Gasteiger partial charge in [0.25, 0.3) is 0 Å². The lowest BCUT2D eigenvalue weighted by Gasteiger charge is -2.27. The highest BCUT2D eigenvalue weighted by Gasteiger charge is 2.25. The Morgan fingerprint density at radius 3 is 2.73 bits per heavy atom. The van der Waals surface area contributed by atoms with Gasteiger partial charge in [-0.2, -0.15) is 4.31 Å². The lowest BCUT2D eigenvalue weighted by Crippen LogP contribution is -2.44. The van der Waals surface area contributed by atoms with Gasteiger partial charge in [-0.1, -0.05) is 6.07 Å². The average Bonchev–Trinajstić information content (AvgIpc) is 2.53. The Morgan fingerprint density at radius 1 is 1.41 bits per heavy atom. The molecule has 0 atom stereocenters. The third-order valence-corrected chi connectivity index (χ3v) is 5.37. The summed E-state index contributed by atoms with van der Waals surface area (Å²) in [5.41, 5.74) is 0.876. The lowest BCUT2D eigenvalue weighted by atomic mass is 10.2. The number of aromatic nitrogens is 1. The molecular formula is C14H21N3O4S. The van der Waals surface area contributed by atoms with E-state index < -0.39 is 10.0 Å². The molecule has 1 aliphatic heterocycles. The molecule has 0 aliphatic carbocycles. The van der Waals surface area contributed by atoms with Crippen LogP contribution in [0, 0.1) is 0 Å². The summed E-state index contributed by atoms with van der Waals surface area (Å²) in [6, 6.07) is 3.65. The highest BCUT2D eigenvalue weighted by Crippen LogP contribution is 2.08. The maximum absolute atomic E-state index is 12.3. The Kier molecular flexibility index (Phi) is 5.87. The summed E-state index contributed by atoms with van der Waals surface area (Å²) >= 11 is 0. The number of hydrogen-bond acceptors (Lipinski definition) is 5. The number of morpholine rings is 1. The molecule has 0 aromatic carbocycles. The third-order valence-electron chi connectivity index (χ3n) is 3.52. The molecule has 0 spiro atoms. The van der Waals surface area contributed by atoms with Gasteiger partial charge in [0, 0.05) is 45.5 Å². The SMILES string of the molecule is CC(=O)N(CCS(=O)(=O)N1CCOCC1)Cc1cccnc1. The Bertz CT molecular complexity index is 585. The van der Waals surface area contributed by atoms with Crippen LogP contribution in [0.15, 0.2) is 24.5 Å². The van der Waals surface area contributed by atoms with Crippen LogP contribution in [0.5, 0.6) is 0 Å². The molecule has 1 aromatic rings. The fraction of sp³-hybridized carbons (Fsp3) is 0.571. The van der Waals surface area contributed by atoms with Gasteiger partial charge in [-0.05, 0) is 11.6 Å². The van der Waals surface area contributed by atoms with Crippen molar-refractivity contribution >= 4 is 15.9 Å². The molecule has 122 valence electrons. The molecule has 1 saturated heterocycles. The van der Waals surface area contributed by atoms with Crippen LogP contribution < -0.4 is 0 Å². The minimum atomic E-state index is -3.36. The summed E-state index contributed by atoms with van der Waals surface area (Å²) in [6.45, 7) is 3.58. The lowest BCUT2D eigenvalue weighted by molar-refractivity contribution is -0.129. The summed E-state index contributed by atoms with van der Waals surface area (Å²) in [7, 11) is -3.36. The summed E-state index contributed by atoms with van der Waals surface area (Å²) in [5, 5.41) is 0. The third kappa shape index (κ3) is 4.75. The molecule has 22 heavy (non-hydrogen) atoms. The minimum absolute atomic E-state index is 0.0765. The van der Waals surface area contributed by atoms with Gasteiger partial charge in [-0.25, -0.2) is 8.42 Å². The normalized spacial score (nSPS) is 16.4. The predicted molar refractivity (Wildman–Crippen MR) is 81.5 cm³/mol. The van der Waals surface area contributed by atoms with Crippen molar-refractivity contribution in [3.05, 3.63) is 30.1 Å². The number of carbonyl (C=O) groups is 1. The van der Waals surface area contributed by atoms with Gasteiger partial charge in [0.1, 0.15) is 0 Å². The molecule has 8 heteroatoms. The van der Waals surface area contributed by atoms with Crippen LogP contribution in [0.25, 0.3) is 0 Å². The van der Waals surface area contributed by atoms with E-state index in [1.807, 2.05) is 6.07 Å². The number of carbonyl (C=O) groups excluding carboxylic acids is 1. The second-order valence-corrected chi connectivity index (χ2v) is 7.22. The molecule has 1 fully saturated rings. The summed E-state index contributed by atoms with van der Waals surface area (Å²) < 4.78 is 31.2. The monoisotopic (exact) mass is 327 g/mol. The smallest absolute Gasteiger partial charge is 0.219 e. The van der Waals surface area contributed by atoms with E-state index in [9.17, 15) is 13.2 Å². The molecule has 0 saturated carbocycles. The van der Waals surface area contributed by atoms with Gasteiger partial charge < -0.3 is 9.64 Å². The molecular weight excluding hydrogens is 306 g/mol. The predicted octanol–water partition coefficient (Wildman–Crippen LogP) is 0.0921. The first-order valence-corrected chi connectivity index (χ1v) is 8.80.